The first kappa shape index (κ1) is 18.1. The van der Waals surface area contributed by atoms with Crippen LogP contribution in [0.5, 0.6) is 5.75 Å². The molecular formula is C15H23ClN2O2S. The van der Waals surface area contributed by atoms with E-state index < -0.39 is 0 Å². The van der Waals surface area contributed by atoms with Gasteiger partial charge >= 0.3 is 0 Å². The predicted octanol–water partition coefficient (Wildman–Crippen LogP) is 2.49. The van der Waals surface area contributed by atoms with Gasteiger partial charge in [-0.3, -0.25) is 4.79 Å². The topological polar surface area (TPSA) is 66.6 Å². The van der Waals surface area contributed by atoms with E-state index in [2.05, 4.69) is 13.8 Å². The molecule has 0 aliphatic carbocycles. The lowest BCUT2D eigenvalue weighted by molar-refractivity contribution is -0.131. The highest BCUT2D eigenvalue weighted by atomic mass is 35.5. The van der Waals surface area contributed by atoms with Gasteiger partial charge in [0.25, 0.3) is 0 Å². The molecule has 6 heteroatoms. The molecular weight excluding hydrogens is 308 g/mol. The average Bonchev–Trinajstić information content (AvgIpc) is 2.41. The lowest BCUT2D eigenvalue weighted by Gasteiger charge is -2.42. The van der Waals surface area contributed by atoms with Crippen molar-refractivity contribution in [3.63, 3.8) is 0 Å². The SMILES string of the molecule is CC1(C)CN(C(=O)CSc2ccc(O)cc2)CCC1N.Cl. The van der Waals surface area contributed by atoms with Crippen LogP contribution in [-0.2, 0) is 4.79 Å². The van der Waals surface area contributed by atoms with E-state index in [-0.39, 0.29) is 35.5 Å². The number of likely N-dealkylation sites (tertiary alicyclic amines) is 1. The van der Waals surface area contributed by atoms with Crippen LogP contribution in [0.2, 0.25) is 0 Å². The van der Waals surface area contributed by atoms with Crippen molar-refractivity contribution in [2.24, 2.45) is 11.1 Å². The third-order valence-corrected chi connectivity index (χ3v) is 4.86. The fraction of sp³-hybridized carbons (Fsp3) is 0.533. The Balaban J connectivity index is 0.00000220. The first-order valence-electron chi connectivity index (χ1n) is 6.84. The van der Waals surface area contributed by atoms with Crippen molar-refractivity contribution < 1.29 is 9.90 Å². The van der Waals surface area contributed by atoms with Crippen molar-refractivity contribution in [2.75, 3.05) is 18.8 Å². The van der Waals surface area contributed by atoms with Crippen molar-refractivity contribution in [1.29, 1.82) is 0 Å². The average molecular weight is 331 g/mol. The number of carbonyl (C=O) groups excluding carboxylic acids is 1. The van der Waals surface area contributed by atoms with E-state index in [0.717, 1.165) is 24.4 Å². The van der Waals surface area contributed by atoms with Crippen LogP contribution in [-0.4, -0.2) is 40.8 Å². The fourth-order valence-corrected chi connectivity index (χ4v) is 3.17. The molecule has 1 aliphatic rings. The van der Waals surface area contributed by atoms with Crippen LogP contribution in [0, 0.1) is 5.41 Å². The molecule has 0 spiro atoms. The maximum absolute atomic E-state index is 12.2. The molecule has 1 saturated heterocycles. The van der Waals surface area contributed by atoms with E-state index >= 15 is 0 Å². The van der Waals surface area contributed by atoms with Crippen LogP contribution in [0.1, 0.15) is 20.3 Å². The highest BCUT2D eigenvalue weighted by molar-refractivity contribution is 8.00. The van der Waals surface area contributed by atoms with E-state index in [0.29, 0.717) is 5.75 Å². The van der Waals surface area contributed by atoms with Crippen molar-refractivity contribution >= 4 is 30.1 Å². The molecule has 1 heterocycles. The number of thioether (sulfide) groups is 1. The quantitative estimate of drug-likeness (QED) is 0.836. The van der Waals surface area contributed by atoms with Gasteiger partial charge in [-0.25, -0.2) is 0 Å². The molecule has 3 N–H and O–H groups in total. The first-order valence-corrected chi connectivity index (χ1v) is 7.82. The molecule has 0 aromatic heterocycles. The van der Waals surface area contributed by atoms with Gasteiger partial charge in [0.05, 0.1) is 5.75 Å². The highest BCUT2D eigenvalue weighted by Crippen LogP contribution is 2.28. The highest BCUT2D eigenvalue weighted by Gasteiger charge is 2.35. The van der Waals surface area contributed by atoms with Gasteiger partial charge < -0.3 is 15.7 Å². The number of nitrogens with zero attached hydrogens (tertiary/aromatic N) is 1. The number of carbonyl (C=O) groups is 1. The Morgan fingerprint density at radius 1 is 1.43 bits per heavy atom. The summed E-state index contributed by atoms with van der Waals surface area (Å²) in [4.78, 5) is 15.2. The number of nitrogens with two attached hydrogens (primary N) is 1. The van der Waals surface area contributed by atoms with Gasteiger partial charge in [0, 0.05) is 24.0 Å². The van der Waals surface area contributed by atoms with E-state index in [1.54, 1.807) is 12.1 Å². The summed E-state index contributed by atoms with van der Waals surface area (Å²) in [6, 6.07) is 7.08. The molecule has 0 bridgehead atoms. The van der Waals surface area contributed by atoms with Crippen LogP contribution in [0.4, 0.5) is 0 Å². The van der Waals surface area contributed by atoms with Gasteiger partial charge in [-0.1, -0.05) is 13.8 Å². The zero-order valence-electron chi connectivity index (χ0n) is 12.4. The summed E-state index contributed by atoms with van der Waals surface area (Å²) in [5, 5.41) is 9.22. The molecule has 1 aromatic rings. The molecule has 2 rings (SSSR count). The molecule has 1 aliphatic heterocycles. The summed E-state index contributed by atoms with van der Waals surface area (Å²) < 4.78 is 0. The molecule has 1 unspecified atom stereocenters. The standard InChI is InChI=1S/C15H22N2O2S.ClH/c1-15(2)10-17(8-7-13(15)16)14(19)9-20-12-5-3-11(18)4-6-12;/h3-6,13,18H,7-10,16H2,1-2H3;1H. The Morgan fingerprint density at radius 3 is 2.62 bits per heavy atom. The minimum Gasteiger partial charge on any atom is -0.508 e. The summed E-state index contributed by atoms with van der Waals surface area (Å²) >= 11 is 1.50. The summed E-state index contributed by atoms with van der Waals surface area (Å²) in [5.74, 6) is 0.825. The summed E-state index contributed by atoms with van der Waals surface area (Å²) in [5.41, 5.74) is 6.07. The van der Waals surface area contributed by atoms with Crippen LogP contribution in [0.15, 0.2) is 29.2 Å². The number of amides is 1. The molecule has 1 atom stereocenters. The van der Waals surface area contributed by atoms with Gasteiger partial charge in [0.1, 0.15) is 5.75 Å². The Morgan fingerprint density at radius 2 is 2.05 bits per heavy atom. The Bertz CT molecular complexity index is 479. The third-order valence-electron chi connectivity index (χ3n) is 3.86. The van der Waals surface area contributed by atoms with E-state index in [4.69, 9.17) is 5.73 Å². The van der Waals surface area contributed by atoms with Crippen molar-refractivity contribution in [2.45, 2.75) is 31.2 Å². The van der Waals surface area contributed by atoms with Gasteiger partial charge in [-0.05, 0) is 36.1 Å². The number of hydrogen-bond acceptors (Lipinski definition) is 4. The molecule has 1 amide bonds. The number of aromatic hydroxyl groups is 1. The van der Waals surface area contributed by atoms with Crippen molar-refractivity contribution in [3.8, 4) is 5.75 Å². The van der Waals surface area contributed by atoms with E-state index in [1.165, 1.54) is 11.8 Å². The molecule has 4 nitrogen and oxygen atoms in total. The Kier molecular flexibility index (Phi) is 6.38. The monoisotopic (exact) mass is 330 g/mol. The molecule has 118 valence electrons. The molecule has 0 radical (unpaired) electrons. The number of rotatable bonds is 3. The Labute approximate surface area is 136 Å². The largest absolute Gasteiger partial charge is 0.508 e. The summed E-state index contributed by atoms with van der Waals surface area (Å²) in [7, 11) is 0. The minimum atomic E-state index is -0.0168. The van der Waals surface area contributed by atoms with Crippen LogP contribution in [0.25, 0.3) is 0 Å². The van der Waals surface area contributed by atoms with Crippen molar-refractivity contribution in [3.05, 3.63) is 24.3 Å². The van der Waals surface area contributed by atoms with Gasteiger partial charge in [-0.2, -0.15) is 0 Å². The van der Waals surface area contributed by atoms with Crippen molar-refractivity contribution in [1.82, 2.24) is 4.90 Å². The van der Waals surface area contributed by atoms with Gasteiger partial charge in [0.2, 0.25) is 5.91 Å². The second-order valence-corrected chi connectivity index (χ2v) is 7.03. The summed E-state index contributed by atoms with van der Waals surface area (Å²) in [6.45, 7) is 5.71. The van der Waals surface area contributed by atoms with Crippen LogP contribution in [0.3, 0.4) is 0 Å². The maximum atomic E-state index is 12.2. The zero-order valence-corrected chi connectivity index (χ0v) is 14.0. The number of benzene rings is 1. The minimum absolute atomic E-state index is 0. The summed E-state index contributed by atoms with van der Waals surface area (Å²) in [6.07, 6.45) is 0.864. The lowest BCUT2D eigenvalue weighted by atomic mass is 9.80. The maximum Gasteiger partial charge on any atom is 0.232 e. The van der Waals surface area contributed by atoms with Crippen LogP contribution < -0.4 is 5.73 Å². The smallest absolute Gasteiger partial charge is 0.232 e. The normalized spacial score (nSPS) is 20.7. The number of halogens is 1. The second-order valence-electron chi connectivity index (χ2n) is 5.98. The lowest BCUT2D eigenvalue weighted by Crippen LogP contribution is -2.54. The number of phenolic OH excluding ortho intramolecular Hbond substituents is 1. The number of hydrogen-bond donors (Lipinski definition) is 2. The van der Waals surface area contributed by atoms with E-state index in [1.807, 2.05) is 17.0 Å². The molecule has 21 heavy (non-hydrogen) atoms. The third kappa shape index (κ3) is 4.80. The molecule has 1 aromatic carbocycles. The van der Waals surface area contributed by atoms with Gasteiger partial charge in [-0.15, -0.1) is 24.2 Å². The second kappa shape index (κ2) is 7.38. The Hall–Kier alpha value is -0.910. The first-order chi connectivity index (χ1) is 9.38. The predicted molar refractivity (Wildman–Crippen MR) is 89.0 cm³/mol. The number of piperidine rings is 1. The molecule has 1 fully saturated rings. The fourth-order valence-electron chi connectivity index (χ4n) is 2.37. The zero-order chi connectivity index (χ0) is 14.8. The molecule has 0 saturated carbocycles. The number of phenols is 1. The van der Waals surface area contributed by atoms with Crippen LogP contribution >= 0.6 is 24.2 Å². The van der Waals surface area contributed by atoms with Gasteiger partial charge in [0.15, 0.2) is 0 Å². The van der Waals surface area contributed by atoms with E-state index in [9.17, 15) is 9.90 Å².